The number of amides is 1. The number of ether oxygens (including phenoxy) is 1. The highest BCUT2D eigenvalue weighted by Gasteiger charge is 2.31. The zero-order valence-electron chi connectivity index (χ0n) is 7.32. The van der Waals surface area contributed by atoms with Crippen molar-refractivity contribution in [1.29, 1.82) is 0 Å². The number of rotatable bonds is 5. The largest absolute Gasteiger partial charge is 0.383 e. The van der Waals surface area contributed by atoms with Gasteiger partial charge in [0.15, 0.2) is 0 Å². The molecule has 1 rings (SSSR count). The fourth-order valence-electron chi connectivity index (χ4n) is 1.18. The molecule has 3 nitrogen and oxygen atoms in total. The van der Waals surface area contributed by atoms with Crippen LogP contribution >= 0.6 is 12.6 Å². The van der Waals surface area contributed by atoms with Crippen molar-refractivity contribution in [2.45, 2.75) is 18.9 Å². The van der Waals surface area contributed by atoms with Crippen molar-refractivity contribution in [2.24, 2.45) is 0 Å². The van der Waals surface area contributed by atoms with E-state index < -0.39 is 0 Å². The quantitative estimate of drug-likeness (QED) is 0.640. The van der Waals surface area contributed by atoms with Gasteiger partial charge in [0.05, 0.1) is 12.4 Å². The standard InChI is InChI=1S/C8H15NO2S/c1-11-5-4-9(7-2-3-7)8(10)6-12/h7,12H,2-6H2,1H3. The van der Waals surface area contributed by atoms with Crippen molar-refractivity contribution in [1.82, 2.24) is 4.90 Å². The molecular formula is C8H15NO2S. The Bertz CT molecular complexity index is 159. The summed E-state index contributed by atoms with van der Waals surface area (Å²) in [6, 6.07) is 0.472. The summed E-state index contributed by atoms with van der Waals surface area (Å²) in [6.07, 6.45) is 2.28. The SMILES string of the molecule is COCCN(C(=O)CS)C1CC1. The van der Waals surface area contributed by atoms with Crippen molar-refractivity contribution >= 4 is 18.5 Å². The number of methoxy groups -OCH3 is 1. The van der Waals surface area contributed by atoms with Crippen LogP contribution in [-0.4, -0.2) is 42.9 Å². The van der Waals surface area contributed by atoms with E-state index >= 15 is 0 Å². The molecule has 1 aliphatic carbocycles. The normalized spacial score (nSPS) is 16.2. The molecule has 70 valence electrons. The number of nitrogens with zero attached hydrogens (tertiary/aromatic N) is 1. The van der Waals surface area contributed by atoms with Crippen LogP contribution in [0, 0.1) is 0 Å². The second-order valence-electron chi connectivity index (χ2n) is 2.97. The molecule has 0 heterocycles. The number of carbonyl (C=O) groups is 1. The van der Waals surface area contributed by atoms with E-state index in [0.717, 1.165) is 12.8 Å². The molecule has 0 spiro atoms. The topological polar surface area (TPSA) is 29.5 Å². The first kappa shape index (κ1) is 9.86. The van der Waals surface area contributed by atoms with E-state index in [2.05, 4.69) is 12.6 Å². The lowest BCUT2D eigenvalue weighted by atomic mass is 10.4. The number of carbonyl (C=O) groups excluding carboxylic acids is 1. The second kappa shape index (κ2) is 4.72. The Morgan fingerprint density at radius 1 is 1.67 bits per heavy atom. The van der Waals surface area contributed by atoms with E-state index in [0.29, 0.717) is 24.9 Å². The van der Waals surface area contributed by atoms with Gasteiger partial charge in [-0.05, 0) is 12.8 Å². The first-order valence-electron chi connectivity index (χ1n) is 4.19. The number of hydrogen-bond acceptors (Lipinski definition) is 3. The lowest BCUT2D eigenvalue weighted by Crippen LogP contribution is -2.36. The van der Waals surface area contributed by atoms with Gasteiger partial charge in [0.25, 0.3) is 0 Å². The Morgan fingerprint density at radius 2 is 2.33 bits per heavy atom. The van der Waals surface area contributed by atoms with Gasteiger partial charge in [0.2, 0.25) is 5.91 Å². The Labute approximate surface area is 78.5 Å². The van der Waals surface area contributed by atoms with E-state index in [-0.39, 0.29) is 5.91 Å². The second-order valence-corrected chi connectivity index (χ2v) is 3.29. The third-order valence-electron chi connectivity index (χ3n) is 1.98. The summed E-state index contributed by atoms with van der Waals surface area (Å²) in [5.41, 5.74) is 0. The molecule has 1 aliphatic rings. The molecule has 0 aromatic rings. The molecule has 1 saturated carbocycles. The molecule has 12 heavy (non-hydrogen) atoms. The summed E-state index contributed by atoms with van der Waals surface area (Å²) in [5, 5.41) is 0. The van der Waals surface area contributed by atoms with Gasteiger partial charge in [-0.25, -0.2) is 0 Å². The minimum Gasteiger partial charge on any atom is -0.383 e. The van der Waals surface area contributed by atoms with Crippen LogP contribution in [0.3, 0.4) is 0 Å². The molecule has 0 bridgehead atoms. The van der Waals surface area contributed by atoms with Crippen molar-refractivity contribution in [2.75, 3.05) is 26.0 Å². The van der Waals surface area contributed by atoms with Gasteiger partial charge in [0.1, 0.15) is 0 Å². The van der Waals surface area contributed by atoms with E-state index in [1.54, 1.807) is 7.11 Å². The number of thiol groups is 1. The Kier molecular flexibility index (Phi) is 3.88. The molecule has 0 aromatic heterocycles. The molecule has 0 saturated heterocycles. The van der Waals surface area contributed by atoms with Gasteiger partial charge in [0, 0.05) is 19.7 Å². The zero-order chi connectivity index (χ0) is 8.97. The summed E-state index contributed by atoms with van der Waals surface area (Å²) < 4.78 is 4.93. The fraction of sp³-hybridized carbons (Fsp3) is 0.875. The Balaban J connectivity index is 2.32. The predicted octanol–water partition coefficient (Wildman–Crippen LogP) is 0.554. The van der Waals surface area contributed by atoms with Crippen LogP contribution in [-0.2, 0) is 9.53 Å². The zero-order valence-corrected chi connectivity index (χ0v) is 8.22. The van der Waals surface area contributed by atoms with Gasteiger partial charge in [-0.2, -0.15) is 12.6 Å². The molecule has 1 amide bonds. The van der Waals surface area contributed by atoms with E-state index in [4.69, 9.17) is 4.74 Å². The first-order valence-corrected chi connectivity index (χ1v) is 4.82. The lowest BCUT2D eigenvalue weighted by molar-refractivity contribution is -0.129. The summed E-state index contributed by atoms with van der Waals surface area (Å²) in [6.45, 7) is 1.33. The fourth-order valence-corrected chi connectivity index (χ4v) is 1.36. The maximum atomic E-state index is 11.3. The van der Waals surface area contributed by atoms with E-state index in [1.807, 2.05) is 4.90 Å². The average molecular weight is 189 g/mol. The molecule has 4 heteroatoms. The molecule has 0 atom stereocenters. The molecule has 0 unspecified atom stereocenters. The maximum Gasteiger partial charge on any atom is 0.232 e. The van der Waals surface area contributed by atoms with Crippen molar-refractivity contribution in [3.8, 4) is 0 Å². The van der Waals surface area contributed by atoms with Crippen LogP contribution in [0.5, 0.6) is 0 Å². The van der Waals surface area contributed by atoms with Crippen molar-refractivity contribution in [3.05, 3.63) is 0 Å². The minimum absolute atomic E-state index is 0.123. The van der Waals surface area contributed by atoms with Gasteiger partial charge < -0.3 is 9.64 Å². The maximum absolute atomic E-state index is 11.3. The van der Waals surface area contributed by atoms with Crippen molar-refractivity contribution in [3.63, 3.8) is 0 Å². The Hall–Kier alpha value is -0.220. The van der Waals surface area contributed by atoms with Crippen molar-refractivity contribution < 1.29 is 9.53 Å². The summed E-state index contributed by atoms with van der Waals surface area (Å²) >= 11 is 3.97. The lowest BCUT2D eigenvalue weighted by Gasteiger charge is -2.20. The summed E-state index contributed by atoms with van der Waals surface area (Å²) in [4.78, 5) is 13.2. The van der Waals surface area contributed by atoms with Crippen LogP contribution in [0.1, 0.15) is 12.8 Å². The van der Waals surface area contributed by atoms with Crippen LogP contribution in [0.15, 0.2) is 0 Å². The van der Waals surface area contributed by atoms with Gasteiger partial charge in [-0.15, -0.1) is 0 Å². The smallest absolute Gasteiger partial charge is 0.232 e. The van der Waals surface area contributed by atoms with Crippen LogP contribution in [0.25, 0.3) is 0 Å². The van der Waals surface area contributed by atoms with E-state index in [9.17, 15) is 4.79 Å². The monoisotopic (exact) mass is 189 g/mol. The summed E-state index contributed by atoms with van der Waals surface area (Å²) in [5.74, 6) is 0.429. The first-order chi connectivity index (χ1) is 5.79. The molecule has 1 fully saturated rings. The third kappa shape index (κ3) is 2.68. The van der Waals surface area contributed by atoms with Crippen LogP contribution in [0.4, 0.5) is 0 Å². The average Bonchev–Trinajstić information content (AvgIpc) is 2.88. The Morgan fingerprint density at radius 3 is 2.75 bits per heavy atom. The molecule has 0 radical (unpaired) electrons. The molecular weight excluding hydrogens is 174 g/mol. The molecule has 0 N–H and O–H groups in total. The van der Waals surface area contributed by atoms with E-state index in [1.165, 1.54) is 0 Å². The highest BCUT2D eigenvalue weighted by atomic mass is 32.1. The minimum atomic E-state index is 0.123. The highest BCUT2D eigenvalue weighted by molar-refractivity contribution is 7.81. The predicted molar refractivity (Wildman–Crippen MR) is 50.5 cm³/mol. The van der Waals surface area contributed by atoms with Crippen LogP contribution in [0.2, 0.25) is 0 Å². The molecule has 0 aliphatic heterocycles. The summed E-state index contributed by atoms with van der Waals surface area (Å²) in [7, 11) is 1.65. The number of hydrogen-bond donors (Lipinski definition) is 1. The third-order valence-corrected chi connectivity index (χ3v) is 2.25. The van der Waals surface area contributed by atoms with Gasteiger partial charge >= 0.3 is 0 Å². The van der Waals surface area contributed by atoms with Gasteiger partial charge in [-0.3, -0.25) is 4.79 Å². The highest BCUT2D eigenvalue weighted by Crippen LogP contribution is 2.26. The molecule has 0 aromatic carbocycles. The van der Waals surface area contributed by atoms with Crippen LogP contribution < -0.4 is 0 Å². The van der Waals surface area contributed by atoms with Gasteiger partial charge in [-0.1, -0.05) is 0 Å².